The summed E-state index contributed by atoms with van der Waals surface area (Å²) in [7, 11) is 0. The van der Waals surface area contributed by atoms with Gasteiger partial charge in [0, 0.05) is 36.1 Å². The van der Waals surface area contributed by atoms with Gasteiger partial charge in [-0.15, -0.1) is 11.8 Å². The molecule has 1 aromatic rings. The lowest BCUT2D eigenvalue weighted by molar-refractivity contribution is -0.113. The number of benzene rings is 1. The van der Waals surface area contributed by atoms with Crippen LogP contribution < -0.4 is 5.32 Å². The fraction of sp³-hybridized carbons (Fsp3) is 0.385. The standard InChI is InChI=1S/C13H14N2O3S/c16-6-8-4-15(5-8)13(18)9-1-2-11-10(3-9)14-12(17)7-19-11/h1-3,8,16H,4-7H2,(H,14,17). The maximum atomic E-state index is 12.2. The second-order valence-electron chi connectivity index (χ2n) is 4.81. The number of likely N-dealkylation sites (tertiary alicyclic amines) is 1. The van der Waals surface area contributed by atoms with Gasteiger partial charge in [0.1, 0.15) is 0 Å². The van der Waals surface area contributed by atoms with Crippen LogP contribution in [0.3, 0.4) is 0 Å². The first-order valence-electron chi connectivity index (χ1n) is 6.14. The zero-order chi connectivity index (χ0) is 13.4. The SMILES string of the molecule is O=C1CSc2ccc(C(=O)N3CC(CO)C3)cc2N1. The highest BCUT2D eigenvalue weighted by Crippen LogP contribution is 2.32. The summed E-state index contributed by atoms with van der Waals surface area (Å²) in [6.45, 7) is 1.34. The predicted molar refractivity (Wildman–Crippen MR) is 72.3 cm³/mol. The van der Waals surface area contributed by atoms with Gasteiger partial charge in [-0.1, -0.05) is 0 Å². The first kappa shape index (κ1) is 12.5. The van der Waals surface area contributed by atoms with Gasteiger partial charge in [0.15, 0.2) is 0 Å². The molecule has 0 radical (unpaired) electrons. The number of fused-ring (bicyclic) bond motifs is 1. The third-order valence-electron chi connectivity index (χ3n) is 3.36. The third-order valence-corrected chi connectivity index (χ3v) is 4.44. The van der Waals surface area contributed by atoms with Crippen molar-refractivity contribution in [3.63, 3.8) is 0 Å². The van der Waals surface area contributed by atoms with E-state index in [0.717, 1.165) is 4.90 Å². The van der Waals surface area contributed by atoms with E-state index in [1.807, 2.05) is 6.07 Å². The van der Waals surface area contributed by atoms with Crippen molar-refractivity contribution >= 4 is 29.3 Å². The van der Waals surface area contributed by atoms with Crippen LogP contribution >= 0.6 is 11.8 Å². The quantitative estimate of drug-likeness (QED) is 0.839. The molecule has 100 valence electrons. The average Bonchev–Trinajstić information content (AvgIpc) is 2.36. The number of amides is 2. The monoisotopic (exact) mass is 278 g/mol. The number of carbonyl (C=O) groups excluding carboxylic acids is 2. The zero-order valence-electron chi connectivity index (χ0n) is 10.3. The summed E-state index contributed by atoms with van der Waals surface area (Å²) in [6, 6.07) is 5.39. The van der Waals surface area contributed by atoms with Crippen molar-refractivity contribution in [1.82, 2.24) is 4.90 Å². The van der Waals surface area contributed by atoms with E-state index in [-0.39, 0.29) is 24.3 Å². The van der Waals surface area contributed by atoms with Gasteiger partial charge in [-0.05, 0) is 18.2 Å². The van der Waals surface area contributed by atoms with E-state index >= 15 is 0 Å². The fourth-order valence-corrected chi connectivity index (χ4v) is 3.04. The van der Waals surface area contributed by atoms with Crippen LogP contribution in [-0.4, -0.2) is 47.3 Å². The van der Waals surface area contributed by atoms with Gasteiger partial charge in [0.25, 0.3) is 5.91 Å². The number of nitrogens with one attached hydrogen (secondary N) is 1. The molecule has 5 nitrogen and oxygen atoms in total. The topological polar surface area (TPSA) is 69.6 Å². The van der Waals surface area contributed by atoms with Crippen molar-refractivity contribution in [1.29, 1.82) is 0 Å². The second kappa shape index (κ2) is 4.86. The highest BCUT2D eigenvalue weighted by Gasteiger charge is 2.31. The molecule has 2 aliphatic rings. The molecular weight excluding hydrogens is 264 g/mol. The van der Waals surface area contributed by atoms with Crippen LogP contribution in [0.4, 0.5) is 5.69 Å². The van der Waals surface area contributed by atoms with Crippen molar-refractivity contribution < 1.29 is 14.7 Å². The molecule has 19 heavy (non-hydrogen) atoms. The van der Waals surface area contributed by atoms with Crippen molar-refractivity contribution in [3.05, 3.63) is 23.8 Å². The Bertz CT molecular complexity index is 541. The molecule has 2 amide bonds. The molecule has 1 fully saturated rings. The number of nitrogens with zero attached hydrogens (tertiary/aromatic N) is 1. The Kier molecular flexibility index (Phi) is 3.20. The molecular formula is C13H14N2O3S. The van der Waals surface area contributed by atoms with Crippen LogP contribution in [0.2, 0.25) is 0 Å². The van der Waals surface area contributed by atoms with E-state index in [1.54, 1.807) is 17.0 Å². The van der Waals surface area contributed by atoms with Crippen LogP contribution in [0.1, 0.15) is 10.4 Å². The second-order valence-corrected chi connectivity index (χ2v) is 5.82. The van der Waals surface area contributed by atoms with E-state index in [4.69, 9.17) is 5.11 Å². The summed E-state index contributed by atoms with van der Waals surface area (Å²) in [5, 5.41) is 11.7. The number of hydrogen-bond donors (Lipinski definition) is 2. The molecule has 0 bridgehead atoms. The maximum Gasteiger partial charge on any atom is 0.253 e. The number of carbonyl (C=O) groups is 2. The number of aliphatic hydroxyl groups excluding tert-OH is 1. The fourth-order valence-electron chi connectivity index (χ4n) is 2.25. The molecule has 1 saturated heterocycles. The van der Waals surface area contributed by atoms with E-state index in [9.17, 15) is 9.59 Å². The molecule has 1 aromatic carbocycles. The molecule has 0 saturated carbocycles. The molecule has 2 heterocycles. The summed E-state index contributed by atoms with van der Waals surface area (Å²) >= 11 is 1.48. The summed E-state index contributed by atoms with van der Waals surface area (Å²) in [5.41, 5.74) is 1.30. The Morgan fingerprint density at radius 1 is 1.47 bits per heavy atom. The number of thioether (sulfide) groups is 1. The Hall–Kier alpha value is -1.53. The Morgan fingerprint density at radius 3 is 3.00 bits per heavy atom. The Balaban J connectivity index is 1.77. The van der Waals surface area contributed by atoms with Crippen LogP contribution in [0.5, 0.6) is 0 Å². The van der Waals surface area contributed by atoms with Crippen LogP contribution in [-0.2, 0) is 4.79 Å². The first-order valence-corrected chi connectivity index (χ1v) is 7.13. The molecule has 3 rings (SSSR count). The zero-order valence-corrected chi connectivity index (χ0v) is 11.1. The normalized spacial score (nSPS) is 18.6. The highest BCUT2D eigenvalue weighted by molar-refractivity contribution is 8.00. The molecule has 0 aliphatic carbocycles. The largest absolute Gasteiger partial charge is 0.396 e. The number of anilines is 1. The Morgan fingerprint density at radius 2 is 2.26 bits per heavy atom. The molecule has 2 N–H and O–H groups in total. The summed E-state index contributed by atoms with van der Waals surface area (Å²) in [6.07, 6.45) is 0. The number of hydrogen-bond acceptors (Lipinski definition) is 4. The van der Waals surface area contributed by atoms with Gasteiger partial charge >= 0.3 is 0 Å². The molecule has 2 aliphatic heterocycles. The van der Waals surface area contributed by atoms with Gasteiger partial charge in [-0.25, -0.2) is 0 Å². The Labute approximate surface area is 115 Å². The summed E-state index contributed by atoms with van der Waals surface area (Å²) < 4.78 is 0. The third kappa shape index (κ3) is 2.33. The van der Waals surface area contributed by atoms with E-state index in [0.29, 0.717) is 30.1 Å². The molecule has 0 unspecified atom stereocenters. The summed E-state index contributed by atoms with van der Waals surface area (Å²) in [4.78, 5) is 26.2. The smallest absolute Gasteiger partial charge is 0.253 e. The molecule has 0 spiro atoms. The highest BCUT2D eigenvalue weighted by atomic mass is 32.2. The van der Waals surface area contributed by atoms with E-state index < -0.39 is 0 Å². The molecule has 6 heteroatoms. The number of rotatable bonds is 2. The lowest BCUT2D eigenvalue weighted by Gasteiger charge is -2.38. The lowest BCUT2D eigenvalue weighted by atomic mass is 10.00. The van der Waals surface area contributed by atoms with Crippen LogP contribution in [0.25, 0.3) is 0 Å². The van der Waals surface area contributed by atoms with Crippen molar-refractivity contribution in [3.8, 4) is 0 Å². The maximum absolute atomic E-state index is 12.2. The van der Waals surface area contributed by atoms with Gasteiger partial charge in [0.2, 0.25) is 5.91 Å². The minimum atomic E-state index is -0.0441. The van der Waals surface area contributed by atoms with Crippen molar-refractivity contribution in [2.24, 2.45) is 5.92 Å². The van der Waals surface area contributed by atoms with Gasteiger partial charge in [-0.2, -0.15) is 0 Å². The molecule has 0 atom stereocenters. The predicted octanol–water partition coefficient (Wildman–Crippen LogP) is 0.795. The average molecular weight is 278 g/mol. The van der Waals surface area contributed by atoms with E-state index in [2.05, 4.69) is 5.32 Å². The lowest BCUT2D eigenvalue weighted by Crippen LogP contribution is -2.51. The first-order chi connectivity index (χ1) is 9.17. The van der Waals surface area contributed by atoms with Crippen molar-refractivity contribution in [2.75, 3.05) is 30.8 Å². The van der Waals surface area contributed by atoms with Crippen LogP contribution in [0.15, 0.2) is 23.1 Å². The van der Waals surface area contributed by atoms with Gasteiger partial charge in [-0.3, -0.25) is 9.59 Å². The minimum Gasteiger partial charge on any atom is -0.396 e. The van der Waals surface area contributed by atoms with Gasteiger partial charge < -0.3 is 15.3 Å². The number of aliphatic hydroxyl groups is 1. The minimum absolute atomic E-state index is 0.0357. The van der Waals surface area contributed by atoms with E-state index in [1.165, 1.54) is 11.8 Å². The van der Waals surface area contributed by atoms with Gasteiger partial charge in [0.05, 0.1) is 11.4 Å². The van der Waals surface area contributed by atoms with Crippen molar-refractivity contribution in [2.45, 2.75) is 4.90 Å². The van der Waals surface area contributed by atoms with Crippen LogP contribution in [0, 0.1) is 5.92 Å². The summed E-state index contributed by atoms with van der Waals surface area (Å²) in [5.74, 6) is 0.547. The molecule has 0 aromatic heterocycles.